The standard InChI is InChI=1S/C16H15NO5/c1-10-6-7-21-15(10)16(20)22-9-14(19)17-13-5-3-4-12(8-13)11(2)18/h3-8H,9H2,1-2H3,(H,17,19). The van der Waals surface area contributed by atoms with Crippen LogP contribution in [-0.2, 0) is 9.53 Å². The van der Waals surface area contributed by atoms with Crippen molar-refractivity contribution < 1.29 is 23.5 Å². The number of carbonyl (C=O) groups excluding carboxylic acids is 3. The van der Waals surface area contributed by atoms with Crippen molar-refractivity contribution in [2.75, 3.05) is 11.9 Å². The number of aryl methyl sites for hydroxylation is 1. The molecule has 2 aromatic rings. The molecule has 0 atom stereocenters. The minimum Gasteiger partial charge on any atom is -0.457 e. The van der Waals surface area contributed by atoms with Crippen LogP contribution >= 0.6 is 0 Å². The van der Waals surface area contributed by atoms with Crippen LogP contribution in [0.5, 0.6) is 0 Å². The zero-order chi connectivity index (χ0) is 16.1. The molecule has 0 fully saturated rings. The molecule has 1 amide bonds. The number of ketones is 1. The highest BCUT2D eigenvalue weighted by Crippen LogP contribution is 2.12. The number of carbonyl (C=O) groups is 3. The highest BCUT2D eigenvalue weighted by atomic mass is 16.5. The molecule has 0 bridgehead atoms. The fraction of sp³-hybridized carbons (Fsp3) is 0.188. The molecule has 1 aromatic heterocycles. The number of nitrogens with one attached hydrogen (secondary N) is 1. The zero-order valence-electron chi connectivity index (χ0n) is 12.2. The number of hydrogen-bond acceptors (Lipinski definition) is 5. The number of amides is 1. The second kappa shape index (κ2) is 6.71. The van der Waals surface area contributed by atoms with Crippen molar-refractivity contribution in [2.45, 2.75) is 13.8 Å². The highest BCUT2D eigenvalue weighted by molar-refractivity contribution is 5.98. The number of esters is 1. The first-order valence-electron chi connectivity index (χ1n) is 6.59. The van der Waals surface area contributed by atoms with Crippen molar-refractivity contribution in [3.63, 3.8) is 0 Å². The third kappa shape index (κ3) is 3.82. The molecule has 0 aliphatic rings. The number of Topliss-reactive ketones (excluding diaryl/α,β-unsaturated/α-hetero) is 1. The number of anilines is 1. The lowest BCUT2D eigenvalue weighted by atomic mass is 10.1. The Morgan fingerprint density at radius 1 is 1.23 bits per heavy atom. The van der Waals surface area contributed by atoms with Gasteiger partial charge in [-0.25, -0.2) is 4.79 Å². The van der Waals surface area contributed by atoms with E-state index >= 15 is 0 Å². The van der Waals surface area contributed by atoms with Gasteiger partial charge in [0.15, 0.2) is 12.4 Å². The molecular formula is C16H15NO5. The van der Waals surface area contributed by atoms with Gasteiger partial charge < -0.3 is 14.5 Å². The molecule has 0 saturated heterocycles. The van der Waals surface area contributed by atoms with Crippen molar-refractivity contribution in [3.05, 3.63) is 53.5 Å². The lowest BCUT2D eigenvalue weighted by Gasteiger charge is -2.07. The predicted octanol–water partition coefficient (Wildman–Crippen LogP) is 2.59. The van der Waals surface area contributed by atoms with E-state index in [-0.39, 0.29) is 11.5 Å². The number of benzene rings is 1. The first kappa shape index (κ1) is 15.5. The summed E-state index contributed by atoms with van der Waals surface area (Å²) in [5, 5.41) is 2.55. The number of hydrogen-bond donors (Lipinski definition) is 1. The number of ether oxygens (including phenoxy) is 1. The monoisotopic (exact) mass is 301 g/mol. The average Bonchev–Trinajstić information content (AvgIpc) is 2.91. The first-order valence-corrected chi connectivity index (χ1v) is 6.59. The molecule has 1 heterocycles. The average molecular weight is 301 g/mol. The van der Waals surface area contributed by atoms with Gasteiger partial charge in [0.05, 0.1) is 6.26 Å². The van der Waals surface area contributed by atoms with E-state index in [2.05, 4.69) is 5.32 Å². The molecule has 0 radical (unpaired) electrons. The summed E-state index contributed by atoms with van der Waals surface area (Å²) >= 11 is 0. The largest absolute Gasteiger partial charge is 0.457 e. The summed E-state index contributed by atoms with van der Waals surface area (Å²) in [6, 6.07) is 8.13. The molecule has 0 aliphatic carbocycles. The molecule has 0 aliphatic heterocycles. The van der Waals surface area contributed by atoms with Gasteiger partial charge >= 0.3 is 5.97 Å². The van der Waals surface area contributed by atoms with Gasteiger partial charge in [0, 0.05) is 16.8 Å². The lowest BCUT2D eigenvalue weighted by Crippen LogP contribution is -2.21. The topological polar surface area (TPSA) is 85.6 Å². The van der Waals surface area contributed by atoms with Crippen LogP contribution in [-0.4, -0.2) is 24.3 Å². The Morgan fingerprint density at radius 2 is 2.00 bits per heavy atom. The van der Waals surface area contributed by atoms with Crippen molar-refractivity contribution in [1.82, 2.24) is 0 Å². The summed E-state index contributed by atoms with van der Waals surface area (Å²) in [7, 11) is 0. The molecular weight excluding hydrogens is 286 g/mol. The molecule has 2 rings (SSSR count). The van der Waals surface area contributed by atoms with Gasteiger partial charge in [0.25, 0.3) is 5.91 Å². The minimum atomic E-state index is -0.699. The molecule has 6 heteroatoms. The Kier molecular flexibility index (Phi) is 4.73. The fourth-order valence-electron chi connectivity index (χ4n) is 1.79. The second-order valence-corrected chi connectivity index (χ2v) is 4.69. The van der Waals surface area contributed by atoms with Crippen LogP contribution < -0.4 is 5.32 Å². The molecule has 0 spiro atoms. The third-order valence-electron chi connectivity index (χ3n) is 2.93. The summed E-state index contributed by atoms with van der Waals surface area (Å²) < 4.78 is 9.84. The molecule has 22 heavy (non-hydrogen) atoms. The maximum atomic E-state index is 11.7. The Morgan fingerprint density at radius 3 is 2.64 bits per heavy atom. The molecule has 0 saturated carbocycles. The van der Waals surface area contributed by atoms with Gasteiger partial charge in [0.1, 0.15) is 0 Å². The van der Waals surface area contributed by atoms with Crippen LogP contribution in [0.15, 0.2) is 41.0 Å². The molecule has 1 aromatic carbocycles. The highest BCUT2D eigenvalue weighted by Gasteiger charge is 2.16. The molecule has 1 N–H and O–H groups in total. The van der Waals surface area contributed by atoms with Crippen molar-refractivity contribution in [2.24, 2.45) is 0 Å². The van der Waals surface area contributed by atoms with E-state index in [9.17, 15) is 14.4 Å². The van der Waals surface area contributed by atoms with Crippen molar-refractivity contribution in [1.29, 1.82) is 0 Å². The summed E-state index contributed by atoms with van der Waals surface area (Å²) in [5.41, 5.74) is 1.59. The molecule has 114 valence electrons. The second-order valence-electron chi connectivity index (χ2n) is 4.69. The first-order chi connectivity index (χ1) is 10.5. The number of furan rings is 1. The Hall–Kier alpha value is -2.89. The van der Waals surface area contributed by atoms with E-state index in [1.165, 1.54) is 13.2 Å². The van der Waals surface area contributed by atoms with Crippen molar-refractivity contribution in [3.8, 4) is 0 Å². The maximum Gasteiger partial charge on any atom is 0.375 e. The van der Waals surface area contributed by atoms with Gasteiger partial charge in [-0.3, -0.25) is 9.59 Å². The Balaban J connectivity index is 1.91. The summed E-state index contributed by atoms with van der Waals surface area (Å²) in [4.78, 5) is 34.7. The van der Waals surface area contributed by atoms with E-state index in [1.54, 1.807) is 37.3 Å². The van der Waals surface area contributed by atoms with E-state index in [0.717, 1.165) is 0 Å². The van der Waals surface area contributed by atoms with Crippen LogP contribution in [0.2, 0.25) is 0 Å². The maximum absolute atomic E-state index is 11.7. The van der Waals surface area contributed by atoms with Gasteiger partial charge in [-0.2, -0.15) is 0 Å². The van der Waals surface area contributed by atoms with Gasteiger partial charge in [-0.1, -0.05) is 12.1 Å². The van der Waals surface area contributed by atoms with Crippen molar-refractivity contribution >= 4 is 23.3 Å². The van der Waals surface area contributed by atoms with Crippen LogP contribution in [0.1, 0.15) is 33.4 Å². The number of rotatable bonds is 5. The fourth-order valence-corrected chi connectivity index (χ4v) is 1.79. The van der Waals surface area contributed by atoms with Gasteiger partial charge in [-0.05, 0) is 32.0 Å². The summed E-state index contributed by atoms with van der Waals surface area (Å²) in [6.45, 7) is 2.70. The summed E-state index contributed by atoms with van der Waals surface area (Å²) in [5.74, 6) is -1.23. The van der Waals surface area contributed by atoms with E-state index in [4.69, 9.17) is 9.15 Å². The Labute approximate surface area is 127 Å². The zero-order valence-corrected chi connectivity index (χ0v) is 12.2. The SMILES string of the molecule is CC(=O)c1cccc(NC(=O)COC(=O)c2occc2C)c1. The molecule has 0 unspecified atom stereocenters. The van der Waals surface area contributed by atoms with Gasteiger partial charge in [0.2, 0.25) is 5.76 Å². The van der Waals surface area contributed by atoms with E-state index < -0.39 is 18.5 Å². The molecule has 6 nitrogen and oxygen atoms in total. The van der Waals surface area contributed by atoms with Gasteiger partial charge in [-0.15, -0.1) is 0 Å². The minimum absolute atomic E-state index is 0.0753. The van der Waals surface area contributed by atoms with Crippen LogP contribution in [0.25, 0.3) is 0 Å². The van der Waals surface area contributed by atoms with Crippen LogP contribution in [0, 0.1) is 6.92 Å². The van der Waals surface area contributed by atoms with E-state index in [1.807, 2.05) is 0 Å². The van der Waals surface area contributed by atoms with Crippen LogP contribution in [0.3, 0.4) is 0 Å². The van der Waals surface area contributed by atoms with Crippen LogP contribution in [0.4, 0.5) is 5.69 Å². The normalized spacial score (nSPS) is 10.1. The Bertz CT molecular complexity index is 717. The van der Waals surface area contributed by atoms with E-state index in [0.29, 0.717) is 16.8 Å². The lowest BCUT2D eigenvalue weighted by molar-refractivity contribution is -0.119. The predicted molar refractivity (Wildman–Crippen MR) is 78.8 cm³/mol. The quantitative estimate of drug-likeness (QED) is 0.677. The third-order valence-corrected chi connectivity index (χ3v) is 2.93. The smallest absolute Gasteiger partial charge is 0.375 e. The summed E-state index contributed by atoms with van der Waals surface area (Å²) in [6.07, 6.45) is 1.37.